The average molecular weight is 371 g/mol. The van der Waals surface area contributed by atoms with Gasteiger partial charge in [-0.25, -0.2) is 0 Å². The van der Waals surface area contributed by atoms with Crippen LogP contribution in [0.15, 0.2) is 12.1 Å². The number of rotatable bonds is 6. The number of carbonyl (C=O) groups is 2. The Kier molecular flexibility index (Phi) is 6.52. The fourth-order valence-electron chi connectivity index (χ4n) is 5.23. The van der Waals surface area contributed by atoms with Crippen LogP contribution in [0.2, 0.25) is 0 Å². The minimum absolute atomic E-state index is 0.0827. The second-order valence-electron chi connectivity index (χ2n) is 8.76. The topological polar surface area (TPSA) is 43.4 Å². The predicted molar refractivity (Wildman–Crippen MR) is 108 cm³/mol. The van der Waals surface area contributed by atoms with E-state index in [1.54, 1.807) is 0 Å². The first-order valence-electron chi connectivity index (χ1n) is 10.7. The summed E-state index contributed by atoms with van der Waals surface area (Å²) < 4.78 is 5.88. The molecule has 148 valence electrons. The summed E-state index contributed by atoms with van der Waals surface area (Å²) >= 11 is 0. The van der Waals surface area contributed by atoms with Crippen LogP contribution in [0.5, 0.6) is 0 Å². The minimum Gasteiger partial charge on any atom is -0.378 e. The molecule has 0 amide bonds. The van der Waals surface area contributed by atoms with Crippen molar-refractivity contribution in [2.24, 2.45) is 11.8 Å². The lowest BCUT2D eigenvalue weighted by molar-refractivity contribution is -0.125. The van der Waals surface area contributed by atoms with Gasteiger partial charge in [-0.05, 0) is 81.9 Å². The van der Waals surface area contributed by atoms with E-state index in [1.165, 1.54) is 5.56 Å². The first kappa shape index (κ1) is 20.3. The Morgan fingerprint density at radius 1 is 1.00 bits per heavy atom. The molecule has 0 saturated heterocycles. The van der Waals surface area contributed by atoms with Crippen molar-refractivity contribution in [3.05, 3.63) is 34.4 Å². The molecule has 2 aliphatic rings. The van der Waals surface area contributed by atoms with Gasteiger partial charge in [0.2, 0.25) is 0 Å². The molecule has 3 heteroatoms. The summed E-state index contributed by atoms with van der Waals surface area (Å²) in [6.45, 7) is 9.11. The standard InChI is InChI=1S/C24H34O3/c1-5-10-27-20-8-6-18(7-9-20)13-19-14-21(25)23(24(19)26)22-16(3)11-15(2)12-17(22)4/h11-12,18-20,23H,5-10,13-14H2,1-4H3. The molecule has 2 fully saturated rings. The monoisotopic (exact) mass is 370 g/mol. The van der Waals surface area contributed by atoms with Crippen molar-refractivity contribution in [3.8, 4) is 0 Å². The maximum atomic E-state index is 13.1. The SMILES string of the molecule is CCCOC1CCC(CC2CC(=O)C(c3c(C)cc(C)cc3C)C2=O)CC1. The van der Waals surface area contributed by atoms with Gasteiger partial charge in [0.1, 0.15) is 11.7 Å². The normalized spacial score (nSPS) is 28.7. The molecular formula is C24H34O3. The third-order valence-corrected chi connectivity index (χ3v) is 6.45. The summed E-state index contributed by atoms with van der Waals surface area (Å²) in [5, 5.41) is 0. The molecule has 0 bridgehead atoms. The summed E-state index contributed by atoms with van der Waals surface area (Å²) in [5.41, 5.74) is 4.31. The van der Waals surface area contributed by atoms with Crippen molar-refractivity contribution in [1.29, 1.82) is 0 Å². The summed E-state index contributed by atoms with van der Waals surface area (Å²) in [5.74, 6) is 0.243. The Morgan fingerprint density at radius 3 is 2.22 bits per heavy atom. The smallest absolute Gasteiger partial charge is 0.151 e. The number of carbonyl (C=O) groups excluding carboxylic acids is 2. The van der Waals surface area contributed by atoms with Crippen LogP contribution in [0.25, 0.3) is 0 Å². The number of ketones is 2. The van der Waals surface area contributed by atoms with Crippen LogP contribution in [-0.4, -0.2) is 24.3 Å². The molecular weight excluding hydrogens is 336 g/mol. The molecule has 27 heavy (non-hydrogen) atoms. The van der Waals surface area contributed by atoms with Gasteiger partial charge in [-0.3, -0.25) is 9.59 Å². The third kappa shape index (κ3) is 4.51. The van der Waals surface area contributed by atoms with Crippen LogP contribution in [0.1, 0.15) is 80.0 Å². The fraction of sp³-hybridized carbons (Fsp3) is 0.667. The van der Waals surface area contributed by atoms with Crippen molar-refractivity contribution < 1.29 is 14.3 Å². The molecule has 3 nitrogen and oxygen atoms in total. The van der Waals surface area contributed by atoms with Gasteiger partial charge in [0, 0.05) is 18.9 Å². The van der Waals surface area contributed by atoms with E-state index in [0.29, 0.717) is 18.4 Å². The number of hydrogen-bond acceptors (Lipinski definition) is 3. The molecule has 3 rings (SSSR count). The van der Waals surface area contributed by atoms with Gasteiger partial charge in [0.05, 0.1) is 6.10 Å². The van der Waals surface area contributed by atoms with E-state index in [-0.39, 0.29) is 17.5 Å². The largest absolute Gasteiger partial charge is 0.378 e. The molecule has 1 aromatic carbocycles. The molecule has 0 heterocycles. The van der Waals surface area contributed by atoms with E-state index in [9.17, 15) is 9.59 Å². The Hall–Kier alpha value is -1.48. The molecule has 0 aromatic heterocycles. The molecule has 1 aromatic rings. The average Bonchev–Trinajstić information content (AvgIpc) is 2.88. The second kappa shape index (κ2) is 8.68. The minimum atomic E-state index is -0.528. The summed E-state index contributed by atoms with van der Waals surface area (Å²) in [6.07, 6.45) is 7.22. The van der Waals surface area contributed by atoms with Crippen LogP contribution in [-0.2, 0) is 14.3 Å². The Balaban J connectivity index is 1.64. The number of ether oxygens (including phenoxy) is 1. The Morgan fingerprint density at radius 2 is 1.63 bits per heavy atom. The lowest BCUT2D eigenvalue weighted by Gasteiger charge is -2.29. The summed E-state index contributed by atoms with van der Waals surface area (Å²) in [4.78, 5) is 25.9. The number of aryl methyl sites for hydroxylation is 3. The zero-order chi connectivity index (χ0) is 19.6. The molecule has 0 aliphatic heterocycles. The van der Waals surface area contributed by atoms with E-state index in [2.05, 4.69) is 26.0 Å². The first-order chi connectivity index (χ1) is 12.9. The highest BCUT2D eigenvalue weighted by Gasteiger charge is 2.44. The highest BCUT2D eigenvalue weighted by Crippen LogP contribution is 2.41. The number of Topliss-reactive ketones (excluding diaryl/α,β-unsaturated/α-hetero) is 2. The highest BCUT2D eigenvalue weighted by atomic mass is 16.5. The molecule has 2 saturated carbocycles. The maximum absolute atomic E-state index is 13.1. The maximum Gasteiger partial charge on any atom is 0.151 e. The van der Waals surface area contributed by atoms with Crippen LogP contribution >= 0.6 is 0 Å². The summed E-state index contributed by atoms with van der Waals surface area (Å²) in [6, 6.07) is 4.18. The van der Waals surface area contributed by atoms with Crippen molar-refractivity contribution in [2.75, 3.05) is 6.61 Å². The lowest BCUT2D eigenvalue weighted by Crippen LogP contribution is -2.25. The summed E-state index contributed by atoms with van der Waals surface area (Å²) in [7, 11) is 0. The van der Waals surface area contributed by atoms with Crippen molar-refractivity contribution in [2.45, 2.75) is 84.7 Å². The third-order valence-electron chi connectivity index (χ3n) is 6.45. The molecule has 0 spiro atoms. The van der Waals surface area contributed by atoms with Gasteiger partial charge in [-0.1, -0.05) is 24.6 Å². The molecule has 0 radical (unpaired) electrons. The molecule has 2 unspecified atom stereocenters. The lowest BCUT2D eigenvalue weighted by atomic mass is 9.80. The van der Waals surface area contributed by atoms with E-state index < -0.39 is 5.92 Å². The Bertz CT molecular complexity index is 675. The van der Waals surface area contributed by atoms with Crippen molar-refractivity contribution in [1.82, 2.24) is 0 Å². The van der Waals surface area contributed by atoms with E-state index in [4.69, 9.17) is 4.74 Å². The van der Waals surface area contributed by atoms with Gasteiger partial charge < -0.3 is 4.74 Å². The van der Waals surface area contributed by atoms with Gasteiger partial charge in [0.15, 0.2) is 5.78 Å². The predicted octanol–water partition coefficient (Wildman–Crippen LogP) is 5.23. The van der Waals surface area contributed by atoms with Gasteiger partial charge in [-0.2, -0.15) is 0 Å². The Labute approximate surface area is 163 Å². The van der Waals surface area contributed by atoms with Crippen molar-refractivity contribution in [3.63, 3.8) is 0 Å². The zero-order valence-electron chi connectivity index (χ0n) is 17.3. The second-order valence-corrected chi connectivity index (χ2v) is 8.76. The van der Waals surface area contributed by atoms with Crippen LogP contribution in [0.3, 0.4) is 0 Å². The van der Waals surface area contributed by atoms with E-state index >= 15 is 0 Å². The van der Waals surface area contributed by atoms with Gasteiger partial charge >= 0.3 is 0 Å². The molecule has 0 N–H and O–H groups in total. The van der Waals surface area contributed by atoms with E-state index in [1.807, 2.05) is 13.8 Å². The number of hydrogen-bond donors (Lipinski definition) is 0. The highest BCUT2D eigenvalue weighted by molar-refractivity contribution is 6.14. The van der Waals surface area contributed by atoms with Gasteiger partial charge in [0.25, 0.3) is 0 Å². The van der Waals surface area contributed by atoms with Crippen LogP contribution in [0.4, 0.5) is 0 Å². The zero-order valence-corrected chi connectivity index (χ0v) is 17.3. The number of benzene rings is 1. The fourth-order valence-corrected chi connectivity index (χ4v) is 5.23. The van der Waals surface area contributed by atoms with Gasteiger partial charge in [-0.15, -0.1) is 0 Å². The molecule has 2 aliphatic carbocycles. The van der Waals surface area contributed by atoms with Crippen LogP contribution in [0, 0.1) is 32.6 Å². The van der Waals surface area contributed by atoms with Crippen LogP contribution < -0.4 is 0 Å². The quantitative estimate of drug-likeness (QED) is 0.644. The van der Waals surface area contributed by atoms with Crippen molar-refractivity contribution >= 4 is 11.6 Å². The first-order valence-corrected chi connectivity index (χ1v) is 10.7. The van der Waals surface area contributed by atoms with E-state index in [0.717, 1.165) is 61.8 Å². The molecule has 2 atom stereocenters.